The van der Waals surface area contributed by atoms with Crippen LogP contribution in [0.4, 0.5) is 98.2 Å². The number of rotatable bonds is 50. The number of thiazole rings is 2. The van der Waals surface area contributed by atoms with Gasteiger partial charge in [0, 0.05) is 112 Å². The zero-order valence-corrected chi connectivity index (χ0v) is 85.0. The van der Waals surface area contributed by atoms with Crippen LogP contribution in [-0.4, -0.2) is 195 Å². The summed E-state index contributed by atoms with van der Waals surface area (Å²) in [5.74, 6) is 2.45. The van der Waals surface area contributed by atoms with Gasteiger partial charge in [0.2, 0.25) is 22.2 Å². The third kappa shape index (κ3) is 42.8. The van der Waals surface area contributed by atoms with Crippen LogP contribution in [0.3, 0.4) is 0 Å². The van der Waals surface area contributed by atoms with Gasteiger partial charge in [-0.15, -0.1) is 20.5 Å². The first kappa shape index (κ1) is 113. The van der Waals surface area contributed by atoms with E-state index in [0.717, 1.165) is 144 Å². The Morgan fingerprint density at radius 1 is 0.436 bits per heavy atom. The highest BCUT2D eigenvalue weighted by Crippen LogP contribution is 2.34. The van der Waals surface area contributed by atoms with Crippen LogP contribution in [-0.2, 0) is 9.47 Å². The number of azo groups is 4. The molecule has 0 spiro atoms. The number of aliphatic hydroxyl groups excluding tert-OH is 2. The van der Waals surface area contributed by atoms with Crippen molar-refractivity contribution in [2.45, 2.75) is 135 Å². The van der Waals surface area contributed by atoms with Crippen molar-refractivity contribution in [2.24, 2.45) is 63.6 Å². The van der Waals surface area contributed by atoms with Crippen molar-refractivity contribution in [3.63, 3.8) is 0 Å². The summed E-state index contributed by atoms with van der Waals surface area (Å²) >= 11 is 13.8. The van der Waals surface area contributed by atoms with Gasteiger partial charge < -0.3 is 70.0 Å². The van der Waals surface area contributed by atoms with Crippen LogP contribution < -0.4 is 72.1 Å². The van der Waals surface area contributed by atoms with E-state index >= 15 is 0 Å². The number of carbonyl (C=O) groups excluding carboxylic acids is 6. The predicted octanol–water partition coefficient (Wildman–Crippen LogP) is 21.9. The fourth-order valence-electron chi connectivity index (χ4n) is 13.9. The van der Waals surface area contributed by atoms with Crippen LogP contribution in [0, 0.1) is 36.5 Å². The minimum atomic E-state index is -0.473. The number of halogens is 2. The number of ether oxygens (including phenoxy) is 4. The van der Waals surface area contributed by atoms with Crippen LogP contribution in [0.1, 0.15) is 152 Å². The molecule has 6 amide bonds. The molecule has 4 heterocycles. The molecule has 0 bridgehead atoms. The monoisotopic (exact) mass is 2000 g/mol. The third-order valence-corrected chi connectivity index (χ3v) is 23.2. The number of hydrogen-bond donors (Lipinski definition) is 10. The Balaban J connectivity index is 0.000000267. The second-order valence-corrected chi connectivity index (χ2v) is 36.3. The van der Waals surface area contributed by atoms with Crippen molar-refractivity contribution in [2.75, 3.05) is 148 Å². The number of hydrogen-bond acceptors (Lipinski definition) is 32. The highest BCUT2D eigenvalue weighted by molar-refractivity contribution is 7.17. The van der Waals surface area contributed by atoms with E-state index in [2.05, 4.69) is 192 Å². The fourth-order valence-corrected chi connectivity index (χ4v) is 15.6. The Hall–Kier alpha value is -13.5. The summed E-state index contributed by atoms with van der Waals surface area (Å²) in [7, 11) is 0. The number of aliphatic hydroxyl groups is 2. The second-order valence-electron chi connectivity index (χ2n) is 33.6. The van der Waals surface area contributed by atoms with Gasteiger partial charge >= 0.3 is 24.2 Å². The first-order valence-corrected chi connectivity index (χ1v) is 48.7. The van der Waals surface area contributed by atoms with E-state index in [1.54, 1.807) is 13.8 Å². The molecule has 140 heavy (non-hydrogen) atoms. The molecule has 4 aromatic heterocycles. The predicted molar refractivity (Wildman–Crippen MR) is 554 cm³/mol. The van der Waals surface area contributed by atoms with Gasteiger partial charge in [-0.25, -0.2) is 39.1 Å². The lowest BCUT2D eigenvalue weighted by molar-refractivity contribution is 0.111. The highest BCUT2D eigenvalue weighted by atomic mass is 35.5. The molecule has 0 aliphatic rings. The molecule has 0 aliphatic heterocycles. The van der Waals surface area contributed by atoms with Crippen LogP contribution in [0.2, 0.25) is 10.3 Å². The van der Waals surface area contributed by atoms with Gasteiger partial charge in [0.25, 0.3) is 11.1 Å². The van der Waals surface area contributed by atoms with Gasteiger partial charge in [-0.1, -0.05) is 101 Å². The lowest BCUT2D eigenvalue weighted by atomic mass is 9.82. The Bertz CT molecular complexity index is 5700. The Kier molecular flexibility index (Phi) is 49.4. The van der Waals surface area contributed by atoms with Crippen LogP contribution in [0.15, 0.2) is 208 Å². The Labute approximate surface area is 834 Å². The van der Waals surface area contributed by atoms with Crippen molar-refractivity contribution in [3.8, 4) is 11.5 Å². The zero-order chi connectivity index (χ0) is 102. The van der Waals surface area contributed by atoms with Crippen molar-refractivity contribution >= 4 is 162 Å². The first-order valence-electron chi connectivity index (χ1n) is 46.3. The van der Waals surface area contributed by atoms with E-state index in [-0.39, 0.29) is 76.5 Å². The molecular weight excluding hydrogens is 1870 g/mol. The van der Waals surface area contributed by atoms with E-state index in [1.165, 1.54) is 12.1 Å². The van der Waals surface area contributed by atoms with E-state index in [4.69, 9.17) is 52.4 Å². The summed E-state index contributed by atoms with van der Waals surface area (Å²) in [4.78, 5) is 124. The smallest absolute Gasteiger partial charge is 0.407 e. The normalized spacial score (nSPS) is 11.7. The van der Waals surface area contributed by atoms with Crippen LogP contribution in [0.5, 0.6) is 11.5 Å². The van der Waals surface area contributed by atoms with Gasteiger partial charge in [0.15, 0.2) is 22.9 Å². The molecule has 0 radical (unpaired) electrons. The second kappa shape index (κ2) is 61.0. The number of amides is 6. The molecule has 42 heteroatoms. The molecule has 2 unspecified atom stereocenters. The van der Waals surface area contributed by atoms with Gasteiger partial charge in [-0.2, -0.15) is 20.5 Å². The summed E-state index contributed by atoms with van der Waals surface area (Å²) in [5.41, 5.74) is 8.35. The Morgan fingerprint density at radius 3 is 1.00 bits per heavy atom. The van der Waals surface area contributed by atoms with Crippen LogP contribution in [0.25, 0.3) is 0 Å². The van der Waals surface area contributed by atoms with Gasteiger partial charge in [0.1, 0.15) is 34.5 Å². The fraction of sp³-hybridized carbons (Fsp3) is 0.429. The molecule has 2 atom stereocenters. The van der Waals surface area contributed by atoms with Crippen molar-refractivity contribution in [1.29, 1.82) is 0 Å². The van der Waals surface area contributed by atoms with Gasteiger partial charge in [-0.3, -0.25) is 39.8 Å². The number of aldehydes is 2. The molecule has 0 saturated heterocycles. The van der Waals surface area contributed by atoms with E-state index < -0.39 is 24.2 Å². The maximum atomic E-state index is 12.3. The first-order chi connectivity index (χ1) is 67.3. The number of aryl methyl sites for hydroxylation is 2. The maximum absolute atomic E-state index is 12.3. The highest BCUT2D eigenvalue weighted by Gasteiger charge is 2.25. The lowest BCUT2D eigenvalue weighted by Crippen LogP contribution is -2.38. The summed E-state index contributed by atoms with van der Waals surface area (Å²) in [5, 5.41) is 68.8. The molecule has 752 valence electrons. The molecular formula is C98H130Cl2N24O14S2. The zero-order valence-electron chi connectivity index (χ0n) is 81.8. The molecule has 10 aromatic rings. The summed E-state index contributed by atoms with van der Waals surface area (Å²) in [6.07, 6.45) is 5.47. The molecule has 0 fully saturated rings. The minimum absolute atomic E-state index is 0.0959. The average molecular weight is 2000 g/mol. The standard InChI is InChI=1S/C35H50N8O5.C30H40ClN9O5S.C19H25N3O2.C14H15ClN4O2S/c1-7-20-47-30-15-11-28(12-16-30)42-41-27-9-13-29(14-10-27)43(8-2)19-21-48-34(46)36-18-17-25(3)23-35(5,6)24-37-33(45)40-32-38-26(4)22-31(44)39-32;1-6-40(22-9-7-21(8-10-22)38-39-28-36-25(31)23(17-41)46-28)13-14-45-29(44)32-12-11-19(2)16-30(4,5)18-33-27(43)37-26-34-20(3)15-24(42)35-26;1-3-15-24-19-11-7-17(8-12-19)21-20-16-5-9-18(10-6-16)22(4-2)13-14-23;1-2-19(7-8-20)11-5-3-10(4-6-11)17-18-14-16-13(15)12(9-21)22-14/h9-16,22,25H,7-8,17-21,23-24H2,1-6H3,(H,36,46)(H3,37,38,39,40,44,45);7-10,15,17,19H,6,11-14,16,18H2,1-5H3,(H,32,44)(H3,33,34,35,37,42,43);5-12,23H,3-4,13-15H2,1-2H3;3-6,9,20H,2,7-8H2,1H3. The summed E-state index contributed by atoms with van der Waals surface area (Å²) < 4.78 is 22.0. The number of likely N-dealkylation sites (N-methyl/N-ethyl adjacent to an activating group) is 4. The van der Waals surface area contributed by atoms with Crippen molar-refractivity contribution in [3.05, 3.63) is 210 Å². The minimum Gasteiger partial charge on any atom is -0.494 e. The molecule has 10 rings (SSSR count). The number of urea groups is 2. The SMILES string of the molecule is CCCOc1ccc(N=Nc2ccc(N(CC)CCO)cc2)cc1.CCCOc1ccc(N=Nc2ccc(N(CC)CCOC(=O)NCCC(C)CC(C)(C)CNC(=O)Nc3nc(C)cc(=O)[nH]3)cc2)cc1.CCN(CCO)c1ccc(N=Nc2nc(Cl)c(C=O)s2)cc1.CCN(CCOC(=O)NCCC(C)CC(C)(C)CNC(=O)Nc1nc(C)cc(=O)[nH]1)c1ccc(N=Nc2nc(Cl)c(C=O)s2)cc1. The number of aromatic nitrogens is 6. The topological polar surface area (TPSA) is 481 Å². The van der Waals surface area contributed by atoms with Crippen molar-refractivity contribution in [1.82, 2.24) is 51.2 Å². The molecule has 0 saturated carbocycles. The van der Waals surface area contributed by atoms with Gasteiger partial charge in [0.05, 0.1) is 73.6 Å². The van der Waals surface area contributed by atoms with E-state index in [1.807, 2.05) is 159 Å². The van der Waals surface area contributed by atoms with E-state index in [0.29, 0.717) is 127 Å². The van der Waals surface area contributed by atoms with Crippen molar-refractivity contribution < 1.29 is 57.9 Å². The molecule has 38 nitrogen and oxygen atoms in total. The summed E-state index contributed by atoms with van der Waals surface area (Å²) in [6, 6.07) is 47.5. The number of nitrogens with one attached hydrogen (secondary N) is 8. The third-order valence-electron chi connectivity index (χ3n) is 20.7. The number of H-pyrrole nitrogens is 2. The quantitative estimate of drug-likeness (QED) is 0.0125. The van der Waals surface area contributed by atoms with Crippen LogP contribution >= 0.6 is 45.9 Å². The number of nitrogens with zero attached hydrogens (tertiary/aromatic N) is 16. The number of aromatic amines is 2. The lowest BCUT2D eigenvalue weighted by Gasteiger charge is -2.28. The number of anilines is 6. The van der Waals surface area contributed by atoms with E-state index in [9.17, 15) is 38.4 Å². The van der Waals surface area contributed by atoms with Gasteiger partial charge in [-0.05, 0) is 248 Å². The molecule has 6 aromatic carbocycles. The average Bonchev–Trinajstić information content (AvgIpc) is 1.21. The maximum Gasteiger partial charge on any atom is 0.407 e. The molecule has 10 N–H and O–H groups in total. The number of benzene rings is 6. The number of carbonyl (C=O) groups is 6. The largest absolute Gasteiger partial charge is 0.494 e. The Morgan fingerprint density at radius 2 is 0.729 bits per heavy atom. The number of alkyl carbamates (subject to hydrolysis) is 2. The molecule has 0 aliphatic carbocycles. The summed E-state index contributed by atoms with van der Waals surface area (Å²) in [6.45, 7) is 37.5.